The number of carbonyl (C=O) groups excluding carboxylic acids is 1. The van der Waals surface area contributed by atoms with Gasteiger partial charge in [-0.2, -0.15) is 0 Å². The van der Waals surface area contributed by atoms with Crippen molar-refractivity contribution in [2.24, 2.45) is 0 Å². The van der Waals surface area contributed by atoms with Gasteiger partial charge in [-0.05, 0) is 18.0 Å². The zero-order valence-electron chi connectivity index (χ0n) is 8.62. The van der Waals surface area contributed by atoms with Gasteiger partial charge in [-0.15, -0.1) is 10.2 Å². The van der Waals surface area contributed by atoms with E-state index in [0.717, 1.165) is 24.2 Å². The summed E-state index contributed by atoms with van der Waals surface area (Å²) < 4.78 is 0.297. The molecule has 4 nitrogen and oxygen atoms in total. The van der Waals surface area contributed by atoms with Gasteiger partial charge in [0.05, 0.1) is 0 Å². The third kappa shape index (κ3) is 4.57. The van der Waals surface area contributed by atoms with Crippen LogP contribution in [0.1, 0.15) is 42.4 Å². The maximum atomic E-state index is 11.4. The highest BCUT2D eigenvalue weighted by molar-refractivity contribution is 7.17. The molecule has 15 heavy (non-hydrogen) atoms. The van der Waals surface area contributed by atoms with Crippen LogP contribution in [0.4, 0.5) is 0 Å². The topological polar surface area (TPSA) is 54.9 Å². The Morgan fingerprint density at radius 3 is 2.80 bits per heavy atom. The van der Waals surface area contributed by atoms with E-state index in [-0.39, 0.29) is 5.91 Å². The van der Waals surface area contributed by atoms with Gasteiger partial charge >= 0.3 is 0 Å². The Morgan fingerprint density at radius 2 is 2.20 bits per heavy atom. The molecule has 0 aliphatic carbocycles. The molecule has 0 fully saturated rings. The molecule has 1 aromatic rings. The van der Waals surface area contributed by atoms with E-state index >= 15 is 0 Å². The Labute approximate surface area is 98.0 Å². The molecule has 0 spiro atoms. The van der Waals surface area contributed by atoms with Gasteiger partial charge in [-0.1, -0.05) is 37.5 Å². The lowest BCUT2D eigenvalue weighted by atomic mass is 10.2. The quantitative estimate of drug-likeness (QED) is 0.786. The number of carbonyl (C=O) groups is 1. The number of hydrogen-bond donors (Lipinski definition) is 1. The normalized spacial score (nSPS) is 10.3. The van der Waals surface area contributed by atoms with E-state index in [1.165, 1.54) is 12.8 Å². The van der Waals surface area contributed by atoms with Crippen molar-refractivity contribution in [3.05, 3.63) is 9.47 Å². The molecule has 0 aliphatic heterocycles. The number of amides is 1. The molecule has 1 amide bonds. The van der Waals surface area contributed by atoms with Crippen molar-refractivity contribution < 1.29 is 4.79 Å². The average Bonchev–Trinajstić information content (AvgIpc) is 2.64. The van der Waals surface area contributed by atoms with Gasteiger partial charge in [-0.25, -0.2) is 0 Å². The first-order valence-corrected chi connectivity index (χ1v) is 6.20. The molecule has 0 aliphatic rings. The molecule has 0 bridgehead atoms. The van der Waals surface area contributed by atoms with E-state index in [9.17, 15) is 4.79 Å². The molecule has 0 saturated carbocycles. The van der Waals surface area contributed by atoms with Crippen LogP contribution in [0.3, 0.4) is 0 Å². The van der Waals surface area contributed by atoms with Gasteiger partial charge in [0.15, 0.2) is 0 Å². The maximum absolute atomic E-state index is 11.4. The van der Waals surface area contributed by atoms with Crippen molar-refractivity contribution in [2.45, 2.75) is 32.6 Å². The number of aromatic nitrogens is 2. The fourth-order valence-electron chi connectivity index (χ4n) is 1.13. The number of nitrogens with zero attached hydrogens (tertiary/aromatic N) is 2. The summed E-state index contributed by atoms with van der Waals surface area (Å²) in [5.41, 5.74) is 0. The van der Waals surface area contributed by atoms with Crippen LogP contribution in [0, 0.1) is 0 Å². The highest BCUT2D eigenvalue weighted by Gasteiger charge is 2.10. The Hall–Kier alpha value is -0.680. The molecule has 1 aromatic heterocycles. The second kappa shape index (κ2) is 6.74. The minimum Gasteiger partial charge on any atom is -0.350 e. The zero-order valence-corrected chi connectivity index (χ0v) is 10.2. The summed E-state index contributed by atoms with van der Waals surface area (Å²) in [5, 5.41) is 10.3. The van der Waals surface area contributed by atoms with E-state index in [1.807, 2.05) is 0 Å². The first kappa shape index (κ1) is 12.4. The largest absolute Gasteiger partial charge is 0.350 e. The van der Waals surface area contributed by atoms with Crippen molar-refractivity contribution in [2.75, 3.05) is 6.54 Å². The summed E-state index contributed by atoms with van der Waals surface area (Å²) >= 11 is 6.67. The molecular formula is C9H14ClN3OS. The minimum atomic E-state index is -0.184. The lowest BCUT2D eigenvalue weighted by Crippen LogP contribution is -2.24. The predicted octanol–water partition coefficient (Wildman–Crippen LogP) is 2.50. The smallest absolute Gasteiger partial charge is 0.282 e. The maximum Gasteiger partial charge on any atom is 0.282 e. The monoisotopic (exact) mass is 247 g/mol. The van der Waals surface area contributed by atoms with Crippen molar-refractivity contribution in [3.8, 4) is 0 Å². The van der Waals surface area contributed by atoms with Gasteiger partial charge in [0.25, 0.3) is 5.91 Å². The van der Waals surface area contributed by atoms with Crippen LogP contribution in [0.2, 0.25) is 4.47 Å². The Bertz CT molecular complexity index is 316. The second-order valence-corrected chi connectivity index (χ2v) is 4.74. The zero-order chi connectivity index (χ0) is 11.1. The highest BCUT2D eigenvalue weighted by Crippen LogP contribution is 2.14. The van der Waals surface area contributed by atoms with E-state index in [4.69, 9.17) is 11.6 Å². The van der Waals surface area contributed by atoms with Crippen molar-refractivity contribution in [1.82, 2.24) is 15.5 Å². The van der Waals surface area contributed by atoms with Crippen molar-refractivity contribution >= 4 is 28.8 Å². The fourth-order valence-corrected chi connectivity index (χ4v) is 1.87. The molecule has 1 heterocycles. The molecule has 0 saturated heterocycles. The minimum absolute atomic E-state index is 0.184. The third-order valence-electron chi connectivity index (χ3n) is 1.91. The summed E-state index contributed by atoms with van der Waals surface area (Å²) in [6, 6.07) is 0. The standard InChI is InChI=1S/C9H14ClN3OS/c1-2-3-4-5-6-11-7(14)8-12-13-9(10)15-8/h2-6H2,1H3,(H,11,14). The molecular weight excluding hydrogens is 234 g/mol. The number of hydrogen-bond acceptors (Lipinski definition) is 4. The number of unbranched alkanes of at least 4 members (excludes halogenated alkanes) is 3. The van der Waals surface area contributed by atoms with Crippen LogP contribution in [-0.2, 0) is 0 Å². The number of rotatable bonds is 6. The van der Waals surface area contributed by atoms with Crippen molar-refractivity contribution in [1.29, 1.82) is 0 Å². The van der Waals surface area contributed by atoms with E-state index in [1.54, 1.807) is 0 Å². The SMILES string of the molecule is CCCCCCNC(=O)c1nnc(Cl)s1. The Kier molecular flexibility index (Phi) is 5.57. The molecule has 0 atom stereocenters. The van der Waals surface area contributed by atoms with E-state index in [2.05, 4.69) is 22.4 Å². The van der Waals surface area contributed by atoms with Crippen LogP contribution in [0.15, 0.2) is 0 Å². The predicted molar refractivity (Wildman–Crippen MR) is 61.4 cm³/mol. The summed E-state index contributed by atoms with van der Waals surface area (Å²) in [6.45, 7) is 2.85. The van der Waals surface area contributed by atoms with Gasteiger partial charge in [-0.3, -0.25) is 4.79 Å². The van der Waals surface area contributed by atoms with E-state index in [0.29, 0.717) is 16.0 Å². The van der Waals surface area contributed by atoms with E-state index < -0.39 is 0 Å². The average molecular weight is 248 g/mol. The molecule has 6 heteroatoms. The van der Waals surface area contributed by atoms with Crippen LogP contribution in [0.25, 0.3) is 0 Å². The van der Waals surface area contributed by atoms with Gasteiger partial charge < -0.3 is 5.32 Å². The van der Waals surface area contributed by atoms with Crippen LogP contribution >= 0.6 is 22.9 Å². The lowest BCUT2D eigenvalue weighted by Gasteiger charge is -2.01. The van der Waals surface area contributed by atoms with Gasteiger partial charge in [0.1, 0.15) is 0 Å². The van der Waals surface area contributed by atoms with Crippen LogP contribution in [-0.4, -0.2) is 22.6 Å². The number of halogens is 1. The number of nitrogens with one attached hydrogen (secondary N) is 1. The third-order valence-corrected chi connectivity index (χ3v) is 2.93. The Morgan fingerprint density at radius 1 is 1.40 bits per heavy atom. The molecule has 1 N–H and O–H groups in total. The lowest BCUT2D eigenvalue weighted by molar-refractivity contribution is 0.0952. The highest BCUT2D eigenvalue weighted by atomic mass is 35.5. The first-order valence-electron chi connectivity index (χ1n) is 5.01. The fraction of sp³-hybridized carbons (Fsp3) is 0.667. The molecule has 0 unspecified atom stereocenters. The van der Waals surface area contributed by atoms with Gasteiger partial charge in [0.2, 0.25) is 9.47 Å². The summed E-state index contributed by atoms with van der Waals surface area (Å²) in [4.78, 5) is 11.4. The van der Waals surface area contributed by atoms with Crippen molar-refractivity contribution in [3.63, 3.8) is 0 Å². The molecule has 0 aromatic carbocycles. The Balaban J connectivity index is 2.19. The second-order valence-electron chi connectivity index (χ2n) is 3.18. The summed E-state index contributed by atoms with van der Waals surface area (Å²) in [7, 11) is 0. The molecule has 1 rings (SSSR count). The van der Waals surface area contributed by atoms with Crippen LogP contribution in [0.5, 0.6) is 0 Å². The molecule has 84 valence electrons. The summed E-state index contributed by atoms with van der Waals surface area (Å²) in [5.74, 6) is -0.184. The van der Waals surface area contributed by atoms with Crippen LogP contribution < -0.4 is 5.32 Å². The van der Waals surface area contributed by atoms with Gasteiger partial charge in [0, 0.05) is 6.54 Å². The molecule has 0 radical (unpaired) electrons. The summed E-state index contributed by atoms with van der Waals surface area (Å²) in [6.07, 6.45) is 4.56. The first-order chi connectivity index (χ1) is 7.24.